The molecule has 8 amide bonds. The van der Waals surface area contributed by atoms with Crippen LogP contribution < -0.4 is 71.2 Å². The molecule has 29 nitrogen and oxygen atoms in total. The number of hydrogen-bond acceptors (Lipinski definition) is 17. The lowest BCUT2D eigenvalue weighted by Crippen LogP contribution is -2.61. The molecular formula is C51H78N16O13. The summed E-state index contributed by atoms with van der Waals surface area (Å²) in [4.78, 5) is 132. The number of phenols is 1. The van der Waals surface area contributed by atoms with Crippen molar-refractivity contribution in [2.45, 2.75) is 132 Å². The highest BCUT2D eigenvalue weighted by Crippen LogP contribution is 2.13. The molecule has 80 heavy (non-hydrogen) atoms. The zero-order valence-corrected chi connectivity index (χ0v) is 44.6. The monoisotopic (exact) mass is 1120 g/mol. The first-order valence-electron chi connectivity index (χ1n) is 26.1. The average molecular weight is 1120 g/mol. The van der Waals surface area contributed by atoms with Crippen LogP contribution in [0.15, 0.2) is 72.1 Å². The molecule has 0 fully saturated rings. The van der Waals surface area contributed by atoms with Crippen molar-refractivity contribution in [2.24, 2.45) is 33.7 Å². The van der Waals surface area contributed by atoms with Gasteiger partial charge in [0, 0.05) is 37.7 Å². The van der Waals surface area contributed by atoms with Crippen molar-refractivity contribution >= 4 is 59.2 Å². The third-order valence-corrected chi connectivity index (χ3v) is 12.4. The highest BCUT2D eigenvalue weighted by Gasteiger charge is 2.34. The zero-order valence-electron chi connectivity index (χ0n) is 44.6. The number of carboxylic acids is 1. The fourth-order valence-electron chi connectivity index (χ4n) is 7.83. The second kappa shape index (κ2) is 35.3. The Balaban J connectivity index is 1.77. The molecule has 1 aromatic heterocycles. The number of H-pyrrole nitrogens is 1. The lowest BCUT2D eigenvalue weighted by Gasteiger charge is -2.27. The molecule has 23 N–H and O–H groups in total. The summed E-state index contributed by atoms with van der Waals surface area (Å²) in [6, 6.07) is 1.16. The maximum Gasteiger partial charge on any atom is 0.326 e. The summed E-state index contributed by atoms with van der Waals surface area (Å²) in [5, 5.41) is 60.1. The van der Waals surface area contributed by atoms with Gasteiger partial charge in [-0.3, -0.25) is 43.3 Å². The maximum atomic E-state index is 14.0. The predicted molar refractivity (Wildman–Crippen MR) is 291 cm³/mol. The number of aliphatic hydroxyl groups excluding tert-OH is 2. The molecular weight excluding hydrogens is 1040 g/mol. The van der Waals surface area contributed by atoms with E-state index in [1.807, 2.05) is 0 Å². The van der Waals surface area contributed by atoms with Crippen molar-refractivity contribution in [1.82, 2.24) is 52.5 Å². The molecule has 0 bridgehead atoms. The molecule has 29 heteroatoms. The Hall–Kier alpha value is -8.25. The van der Waals surface area contributed by atoms with Gasteiger partial charge in [-0.2, -0.15) is 0 Å². The SMILES string of the molecule is C[C@H](NC(=O)[C@H](CO)NC(=O)[C@H](Cc1ccc(O)cc1)NC(=O)[C@H](Cc1cnc[nH]1)NC(=O)[C@@H](N)CCCN=C(N)N)C(=O)N[C@@H](CO)C(=O)N[C@@H](Cc1ccccc1)C(=O)N[C@@H](CCCCN)C(=O)N[C@@H](CCCCN)C(=O)O. The Bertz CT molecular complexity index is 2480. The number of carbonyl (C=O) groups excluding carboxylic acids is 8. The Morgan fingerprint density at radius 1 is 0.550 bits per heavy atom. The highest BCUT2D eigenvalue weighted by atomic mass is 16.4. The third kappa shape index (κ3) is 23.8. The van der Waals surface area contributed by atoms with Crippen LogP contribution in [0.3, 0.4) is 0 Å². The van der Waals surface area contributed by atoms with Crippen molar-refractivity contribution in [3.05, 3.63) is 83.9 Å². The van der Waals surface area contributed by atoms with E-state index in [1.54, 1.807) is 30.3 Å². The number of rotatable bonds is 37. The summed E-state index contributed by atoms with van der Waals surface area (Å²) in [6.07, 6.45) is 4.63. The van der Waals surface area contributed by atoms with Crippen LogP contribution in [0.4, 0.5) is 0 Å². The van der Waals surface area contributed by atoms with Crippen LogP contribution in [-0.2, 0) is 62.4 Å². The number of aliphatic carboxylic acids is 1. The number of aliphatic imine (C=N–C) groups is 1. The third-order valence-electron chi connectivity index (χ3n) is 12.4. The van der Waals surface area contributed by atoms with E-state index in [1.165, 1.54) is 43.7 Å². The Kier molecular flexibility index (Phi) is 29.1. The van der Waals surface area contributed by atoms with Gasteiger partial charge in [-0.15, -0.1) is 0 Å². The summed E-state index contributed by atoms with van der Waals surface area (Å²) in [5.41, 5.74) is 29.5. The Labute approximate surface area is 462 Å². The Morgan fingerprint density at radius 3 is 1.51 bits per heavy atom. The van der Waals surface area contributed by atoms with Gasteiger partial charge in [-0.25, -0.2) is 9.78 Å². The number of guanidine groups is 1. The number of benzene rings is 2. The van der Waals surface area contributed by atoms with Gasteiger partial charge >= 0.3 is 5.97 Å². The molecule has 3 rings (SSSR count). The number of nitrogens with one attached hydrogen (secondary N) is 9. The number of carboxylic acid groups (broad SMARTS) is 1. The van der Waals surface area contributed by atoms with Gasteiger partial charge in [0.05, 0.1) is 25.6 Å². The van der Waals surface area contributed by atoms with Crippen molar-refractivity contribution in [3.63, 3.8) is 0 Å². The van der Waals surface area contributed by atoms with Gasteiger partial charge in [0.1, 0.15) is 54.1 Å². The minimum Gasteiger partial charge on any atom is -0.508 e. The van der Waals surface area contributed by atoms with Crippen LogP contribution >= 0.6 is 0 Å². The maximum absolute atomic E-state index is 14.0. The van der Waals surface area contributed by atoms with Crippen molar-refractivity contribution in [3.8, 4) is 5.75 Å². The van der Waals surface area contributed by atoms with Gasteiger partial charge in [-0.1, -0.05) is 42.5 Å². The number of hydrogen-bond donors (Lipinski definition) is 18. The van der Waals surface area contributed by atoms with Gasteiger partial charge in [-0.05, 0) is 94.6 Å². The first-order chi connectivity index (χ1) is 38.2. The number of carbonyl (C=O) groups is 9. The number of phenolic OH excluding ortho intramolecular Hbond substituents is 1. The summed E-state index contributed by atoms with van der Waals surface area (Å²) in [6.45, 7) is -0.0542. The number of aromatic nitrogens is 2. The molecule has 440 valence electrons. The molecule has 0 aliphatic heterocycles. The van der Waals surface area contributed by atoms with Gasteiger partial charge in [0.2, 0.25) is 47.3 Å². The summed E-state index contributed by atoms with van der Waals surface area (Å²) >= 11 is 0. The Morgan fingerprint density at radius 2 is 1.00 bits per heavy atom. The molecule has 0 saturated carbocycles. The van der Waals surface area contributed by atoms with Crippen LogP contribution in [0.2, 0.25) is 0 Å². The lowest BCUT2D eigenvalue weighted by molar-refractivity contribution is -0.142. The molecule has 0 unspecified atom stereocenters. The largest absolute Gasteiger partial charge is 0.508 e. The fraction of sp³-hybridized carbons (Fsp3) is 0.510. The van der Waals surface area contributed by atoms with E-state index in [0.717, 1.165) is 0 Å². The molecule has 0 saturated heterocycles. The van der Waals surface area contributed by atoms with Gasteiger partial charge in [0.15, 0.2) is 5.96 Å². The van der Waals surface area contributed by atoms with Crippen molar-refractivity contribution < 1.29 is 63.6 Å². The van der Waals surface area contributed by atoms with Gasteiger partial charge in [0.25, 0.3) is 0 Å². The van der Waals surface area contributed by atoms with E-state index >= 15 is 0 Å². The van der Waals surface area contributed by atoms with Crippen LogP contribution in [-0.4, -0.2) is 177 Å². The van der Waals surface area contributed by atoms with Crippen LogP contribution in [0.25, 0.3) is 0 Å². The minimum atomic E-state index is -1.75. The number of aliphatic hydroxyl groups is 2. The van der Waals surface area contributed by atoms with Crippen molar-refractivity contribution in [1.29, 1.82) is 0 Å². The zero-order chi connectivity index (χ0) is 59.1. The van der Waals surface area contributed by atoms with E-state index in [0.29, 0.717) is 55.5 Å². The number of nitrogens with zero attached hydrogens (tertiary/aromatic N) is 2. The topological polar surface area (TPSA) is 502 Å². The number of unbranched alkanes of at least 4 members (excludes halogenated alkanes) is 2. The highest BCUT2D eigenvalue weighted by molar-refractivity contribution is 5.98. The van der Waals surface area contributed by atoms with Crippen LogP contribution in [0.5, 0.6) is 5.75 Å². The molecule has 0 radical (unpaired) electrons. The lowest BCUT2D eigenvalue weighted by atomic mass is 10.0. The number of aromatic amines is 1. The van der Waals surface area contributed by atoms with E-state index in [4.69, 9.17) is 28.7 Å². The van der Waals surface area contributed by atoms with E-state index < -0.39 is 121 Å². The minimum absolute atomic E-state index is 0.0584. The number of aromatic hydroxyl groups is 1. The smallest absolute Gasteiger partial charge is 0.326 e. The second-order valence-electron chi connectivity index (χ2n) is 18.8. The summed E-state index contributed by atoms with van der Waals surface area (Å²) in [5.74, 6) is -8.94. The van der Waals surface area contributed by atoms with E-state index in [-0.39, 0.29) is 63.3 Å². The molecule has 9 atom stereocenters. The molecule has 0 aliphatic carbocycles. The quantitative estimate of drug-likeness (QED) is 0.0146. The average Bonchev–Trinajstić information content (AvgIpc) is 3.95. The first kappa shape index (κ1) is 66.0. The molecule has 2 aromatic carbocycles. The first-order valence-corrected chi connectivity index (χ1v) is 26.1. The molecule has 0 aliphatic rings. The summed E-state index contributed by atoms with van der Waals surface area (Å²) in [7, 11) is 0. The predicted octanol–water partition coefficient (Wildman–Crippen LogP) is -5.25. The van der Waals surface area contributed by atoms with Crippen LogP contribution in [0.1, 0.15) is 75.1 Å². The van der Waals surface area contributed by atoms with E-state index in [2.05, 4.69) is 57.5 Å². The number of nitrogens with two attached hydrogens (primary N) is 5. The normalized spacial score (nSPS) is 14.4. The fourth-order valence-corrected chi connectivity index (χ4v) is 7.83. The molecule has 3 aromatic rings. The van der Waals surface area contributed by atoms with E-state index in [9.17, 15) is 63.6 Å². The molecule has 1 heterocycles. The van der Waals surface area contributed by atoms with Gasteiger partial charge < -0.3 is 96.6 Å². The molecule has 0 spiro atoms. The van der Waals surface area contributed by atoms with Crippen molar-refractivity contribution in [2.75, 3.05) is 32.8 Å². The second-order valence-corrected chi connectivity index (χ2v) is 18.8. The van der Waals surface area contributed by atoms with Crippen LogP contribution in [0, 0.1) is 0 Å². The number of amides is 8. The summed E-state index contributed by atoms with van der Waals surface area (Å²) < 4.78 is 0. The number of imidazole rings is 1. The standard InChI is InChI=1S/C51H78N16O13/c1-29(42(71)66-41(27-69)49(78)65-37(22-30-10-3-2-4-11-30)45(74)61-35(13-5-7-19-52)44(73)62-36(50(79)80)14-6-8-20-53)60-48(77)40(26-68)67-46(75)38(23-31-15-17-33(70)18-16-31)64-47(76)39(24-32-25-57-28-59-32)63-43(72)34(54)12-9-21-58-51(55)56/h2-4,10-11,15-18,25,28-29,34-41,68-70H,5-9,12-14,19-24,26-27,52-54H2,1H3,(H,57,59)(H,60,77)(H,61,74)(H,62,73)(H,63,72)(H,64,76)(H,65,78)(H,66,71)(H,67,75)(H,79,80)(H4,55,56,58)/t29-,34-,35-,36-,37-,38-,39-,40-,41-/m0/s1.